The number of aromatic nitrogens is 3. The van der Waals surface area contributed by atoms with Crippen LogP contribution in [0, 0.1) is 0 Å². The lowest BCUT2D eigenvalue weighted by Gasteiger charge is -1.99. The summed E-state index contributed by atoms with van der Waals surface area (Å²) in [7, 11) is -3.39. The van der Waals surface area contributed by atoms with E-state index < -0.39 is 10.0 Å². The number of thiazole rings is 1. The molecule has 0 unspecified atom stereocenters. The number of hydrogen-bond donors (Lipinski definition) is 1. The van der Waals surface area contributed by atoms with E-state index in [4.69, 9.17) is 5.14 Å². The molecule has 0 aliphatic rings. The first-order chi connectivity index (χ1) is 9.54. The zero-order valence-corrected chi connectivity index (χ0v) is 12.8. The second-order valence-electron chi connectivity index (χ2n) is 4.24. The third kappa shape index (κ3) is 2.80. The third-order valence-electron chi connectivity index (χ3n) is 2.72. The van der Waals surface area contributed by atoms with Crippen LogP contribution in [0.2, 0.25) is 0 Å². The van der Waals surface area contributed by atoms with Crippen LogP contribution in [0.25, 0.3) is 15.2 Å². The molecule has 2 aromatic heterocycles. The maximum absolute atomic E-state index is 10.9. The number of hydrogen-bond acceptors (Lipinski definition) is 6. The Morgan fingerprint density at radius 2 is 2.10 bits per heavy atom. The minimum Gasteiger partial charge on any atom is -0.260 e. The van der Waals surface area contributed by atoms with Crippen molar-refractivity contribution in [2.24, 2.45) is 5.14 Å². The molecule has 1 aromatic carbocycles. The Bertz CT molecular complexity index is 853. The number of nitrogens with two attached hydrogens (primary N) is 1. The quantitative estimate of drug-likeness (QED) is 0.569. The van der Waals surface area contributed by atoms with Crippen molar-refractivity contribution in [1.82, 2.24) is 14.6 Å². The lowest BCUT2D eigenvalue weighted by atomic mass is 10.3. The lowest BCUT2D eigenvalue weighted by Crippen LogP contribution is -2.16. The summed E-state index contributed by atoms with van der Waals surface area (Å²) in [5.41, 5.74) is 1.08. The summed E-state index contributed by atoms with van der Waals surface area (Å²) < 4.78 is 24.9. The number of primary sulfonamides is 1. The number of thioether (sulfide) groups is 1. The maximum Gasteiger partial charge on any atom is 0.217 e. The van der Waals surface area contributed by atoms with Crippen LogP contribution in [0.15, 0.2) is 29.4 Å². The van der Waals surface area contributed by atoms with Gasteiger partial charge in [0.1, 0.15) is 0 Å². The predicted molar refractivity (Wildman–Crippen MR) is 81.7 cm³/mol. The van der Waals surface area contributed by atoms with Crippen molar-refractivity contribution in [2.75, 3.05) is 11.5 Å². The fourth-order valence-corrected chi connectivity index (χ4v) is 4.51. The Kier molecular flexibility index (Phi) is 3.67. The second-order valence-corrected chi connectivity index (χ2v) is 8.04. The van der Waals surface area contributed by atoms with Crippen molar-refractivity contribution < 1.29 is 8.42 Å². The van der Waals surface area contributed by atoms with Gasteiger partial charge in [-0.15, -0.1) is 10.2 Å². The van der Waals surface area contributed by atoms with E-state index in [2.05, 4.69) is 10.2 Å². The number of benzene rings is 1. The van der Waals surface area contributed by atoms with Crippen LogP contribution in [0.3, 0.4) is 0 Å². The van der Waals surface area contributed by atoms with Gasteiger partial charge in [-0.3, -0.25) is 4.40 Å². The normalized spacial score (nSPS) is 12.4. The number of fused-ring (bicyclic) bond motifs is 3. The van der Waals surface area contributed by atoms with E-state index in [1.54, 1.807) is 11.3 Å². The first-order valence-electron chi connectivity index (χ1n) is 5.90. The van der Waals surface area contributed by atoms with E-state index in [-0.39, 0.29) is 5.75 Å². The summed E-state index contributed by atoms with van der Waals surface area (Å²) in [6.07, 6.45) is 0.500. The van der Waals surface area contributed by atoms with Gasteiger partial charge in [0, 0.05) is 5.75 Å². The lowest BCUT2D eigenvalue weighted by molar-refractivity contribution is 0.596. The summed E-state index contributed by atoms with van der Waals surface area (Å²) in [5.74, 6) is 0.633. The van der Waals surface area contributed by atoms with Crippen LogP contribution >= 0.6 is 23.1 Å². The van der Waals surface area contributed by atoms with Crippen molar-refractivity contribution in [1.29, 1.82) is 0 Å². The van der Waals surface area contributed by atoms with Gasteiger partial charge in [-0.25, -0.2) is 13.6 Å². The molecule has 0 aliphatic carbocycles. The van der Waals surface area contributed by atoms with Gasteiger partial charge >= 0.3 is 0 Å². The smallest absolute Gasteiger partial charge is 0.217 e. The molecule has 0 atom stereocenters. The molecule has 3 aromatic rings. The number of rotatable bonds is 5. The van der Waals surface area contributed by atoms with Crippen LogP contribution < -0.4 is 5.14 Å². The molecule has 6 nitrogen and oxygen atoms in total. The minimum atomic E-state index is -3.39. The summed E-state index contributed by atoms with van der Waals surface area (Å²) in [5, 5.41) is 14.1. The highest BCUT2D eigenvalue weighted by Gasteiger charge is 2.12. The number of sulfonamides is 1. The number of nitrogens with zero attached hydrogens (tertiary/aromatic N) is 3. The van der Waals surface area contributed by atoms with Gasteiger partial charge in [0.25, 0.3) is 0 Å². The molecule has 106 valence electrons. The molecular weight excluding hydrogens is 316 g/mol. The first kappa shape index (κ1) is 13.8. The van der Waals surface area contributed by atoms with Crippen molar-refractivity contribution in [2.45, 2.75) is 11.6 Å². The zero-order chi connectivity index (χ0) is 14.2. The molecular formula is C11H12N4O2S3. The Morgan fingerprint density at radius 3 is 2.90 bits per heavy atom. The fourth-order valence-electron chi connectivity index (χ4n) is 1.87. The summed E-state index contributed by atoms with van der Waals surface area (Å²) in [4.78, 5) is 0.847. The molecule has 0 radical (unpaired) electrons. The van der Waals surface area contributed by atoms with Crippen molar-refractivity contribution in [3.05, 3.63) is 24.3 Å². The van der Waals surface area contributed by atoms with E-state index >= 15 is 0 Å². The minimum absolute atomic E-state index is 0.00761. The van der Waals surface area contributed by atoms with Gasteiger partial charge in [-0.1, -0.05) is 35.2 Å². The monoisotopic (exact) mass is 328 g/mol. The van der Waals surface area contributed by atoms with Gasteiger partial charge in [0.05, 0.1) is 16.0 Å². The summed E-state index contributed by atoms with van der Waals surface area (Å²) in [6, 6.07) is 8.04. The Hall–Kier alpha value is -1.16. The molecule has 20 heavy (non-hydrogen) atoms. The van der Waals surface area contributed by atoms with Gasteiger partial charge in [-0.2, -0.15) is 0 Å². The average Bonchev–Trinajstić information content (AvgIpc) is 2.92. The fraction of sp³-hybridized carbons (Fsp3) is 0.273. The highest BCUT2D eigenvalue weighted by Crippen LogP contribution is 2.29. The maximum atomic E-state index is 10.9. The first-order valence-corrected chi connectivity index (χ1v) is 9.42. The van der Waals surface area contributed by atoms with Crippen molar-refractivity contribution in [3.8, 4) is 0 Å². The molecule has 3 rings (SSSR count). The zero-order valence-electron chi connectivity index (χ0n) is 10.4. The highest BCUT2D eigenvalue weighted by atomic mass is 32.2. The summed E-state index contributed by atoms with van der Waals surface area (Å²) in [6.45, 7) is 0. The van der Waals surface area contributed by atoms with Crippen molar-refractivity contribution in [3.63, 3.8) is 0 Å². The van der Waals surface area contributed by atoms with E-state index in [9.17, 15) is 8.42 Å². The van der Waals surface area contributed by atoms with Crippen molar-refractivity contribution >= 4 is 48.3 Å². The molecule has 0 spiro atoms. The van der Waals surface area contributed by atoms with E-state index in [0.29, 0.717) is 12.2 Å². The SMILES string of the molecule is NS(=O)(=O)CCCSc1nnc2sc3ccccc3n12. The van der Waals surface area contributed by atoms with Crippen LogP contribution in [-0.4, -0.2) is 34.5 Å². The molecule has 0 bridgehead atoms. The standard InChI is InChI=1S/C11H12N4O2S3/c12-20(16,17)7-3-6-18-10-13-14-11-15(10)8-4-1-2-5-9(8)19-11/h1-2,4-5H,3,6-7H2,(H2,12,16,17). The van der Waals surface area contributed by atoms with Gasteiger partial charge in [0.2, 0.25) is 15.0 Å². The highest BCUT2D eigenvalue weighted by molar-refractivity contribution is 7.99. The average molecular weight is 328 g/mol. The molecule has 2 heterocycles. The third-order valence-corrected chi connectivity index (χ3v) is 5.60. The molecule has 0 fully saturated rings. The van der Waals surface area contributed by atoms with Gasteiger partial charge < -0.3 is 0 Å². The topological polar surface area (TPSA) is 90.4 Å². The largest absolute Gasteiger partial charge is 0.260 e. The van der Waals surface area contributed by atoms with E-state index in [0.717, 1.165) is 20.3 Å². The van der Waals surface area contributed by atoms with Crippen LogP contribution in [-0.2, 0) is 10.0 Å². The van der Waals surface area contributed by atoms with E-state index in [1.807, 2.05) is 28.7 Å². The Labute approximate surface area is 124 Å². The summed E-state index contributed by atoms with van der Waals surface area (Å²) >= 11 is 3.08. The molecule has 9 heteroatoms. The predicted octanol–water partition coefficient (Wildman–Crippen LogP) is 1.71. The molecule has 0 aliphatic heterocycles. The Balaban J connectivity index is 1.81. The number of para-hydroxylation sites is 1. The van der Waals surface area contributed by atoms with E-state index in [1.165, 1.54) is 11.8 Å². The Morgan fingerprint density at radius 1 is 1.30 bits per heavy atom. The van der Waals surface area contributed by atoms with Crippen LogP contribution in [0.1, 0.15) is 6.42 Å². The van der Waals surface area contributed by atoms with Crippen LogP contribution in [0.4, 0.5) is 0 Å². The van der Waals surface area contributed by atoms with Gasteiger partial charge in [0.15, 0.2) is 5.16 Å². The molecule has 0 amide bonds. The molecule has 0 saturated heterocycles. The molecule has 0 saturated carbocycles. The second kappa shape index (κ2) is 5.32. The van der Waals surface area contributed by atoms with Crippen LogP contribution in [0.5, 0.6) is 0 Å². The van der Waals surface area contributed by atoms with Gasteiger partial charge in [-0.05, 0) is 18.6 Å². The molecule has 2 N–H and O–H groups in total.